The summed E-state index contributed by atoms with van der Waals surface area (Å²) in [6.07, 6.45) is 4.51. The maximum atomic E-state index is 12.5. The van der Waals surface area contributed by atoms with Crippen LogP contribution in [0, 0.1) is 0 Å². The van der Waals surface area contributed by atoms with Crippen molar-refractivity contribution in [3.8, 4) is 23.0 Å². The van der Waals surface area contributed by atoms with Crippen LogP contribution < -0.4 is 24.4 Å². The van der Waals surface area contributed by atoms with Crippen molar-refractivity contribution in [3.05, 3.63) is 89.5 Å². The monoisotopic (exact) mass is 460 g/mol. The number of nitrogens with one attached hydrogen (secondary N) is 1. The molecule has 0 bridgehead atoms. The fourth-order valence-corrected chi connectivity index (χ4v) is 2.94. The summed E-state index contributed by atoms with van der Waals surface area (Å²) in [4.78, 5) is 24.4. The second-order valence-corrected chi connectivity index (χ2v) is 6.85. The molecule has 1 amide bonds. The topological polar surface area (TPSA) is 95.5 Å². The van der Waals surface area contributed by atoms with Crippen molar-refractivity contribution in [3.63, 3.8) is 0 Å². The van der Waals surface area contributed by atoms with Gasteiger partial charge in [0.1, 0.15) is 5.75 Å². The number of ether oxygens (including phenoxy) is 4. The first-order valence-corrected chi connectivity index (χ1v) is 10.2. The van der Waals surface area contributed by atoms with Gasteiger partial charge in [-0.1, -0.05) is 30.3 Å². The van der Waals surface area contributed by atoms with Crippen LogP contribution in [0.25, 0.3) is 6.08 Å². The van der Waals surface area contributed by atoms with E-state index in [1.165, 1.54) is 45.8 Å². The van der Waals surface area contributed by atoms with E-state index in [0.717, 1.165) is 5.56 Å². The molecule has 0 unspecified atom stereocenters. The minimum absolute atomic E-state index is 0.289. The Hall–Kier alpha value is -4.59. The summed E-state index contributed by atoms with van der Waals surface area (Å²) in [5.74, 6) is 0.566. The van der Waals surface area contributed by atoms with Crippen molar-refractivity contribution in [2.75, 3.05) is 21.3 Å². The quantitative estimate of drug-likeness (QED) is 0.170. The van der Waals surface area contributed by atoms with Crippen molar-refractivity contribution in [2.24, 2.45) is 5.10 Å². The highest BCUT2D eigenvalue weighted by molar-refractivity contribution is 5.96. The molecule has 0 aliphatic carbocycles. The van der Waals surface area contributed by atoms with Crippen LogP contribution in [-0.4, -0.2) is 39.4 Å². The molecular weight excluding hydrogens is 436 g/mol. The van der Waals surface area contributed by atoms with Gasteiger partial charge in [0.25, 0.3) is 5.91 Å². The largest absolute Gasteiger partial charge is 0.493 e. The maximum absolute atomic E-state index is 12.5. The van der Waals surface area contributed by atoms with E-state index in [2.05, 4.69) is 10.5 Å². The van der Waals surface area contributed by atoms with Gasteiger partial charge in [-0.25, -0.2) is 10.2 Å². The van der Waals surface area contributed by atoms with Crippen LogP contribution in [0.5, 0.6) is 23.0 Å². The van der Waals surface area contributed by atoms with Gasteiger partial charge in [0.15, 0.2) is 11.5 Å². The fraction of sp³-hybridized carbons (Fsp3) is 0.115. The number of methoxy groups -OCH3 is 3. The Bertz CT molecular complexity index is 1160. The Morgan fingerprint density at radius 2 is 1.47 bits per heavy atom. The molecule has 0 saturated heterocycles. The van der Waals surface area contributed by atoms with Crippen LogP contribution in [0.1, 0.15) is 21.5 Å². The molecule has 0 spiro atoms. The number of benzene rings is 3. The van der Waals surface area contributed by atoms with Crippen molar-refractivity contribution < 1.29 is 28.5 Å². The van der Waals surface area contributed by atoms with Gasteiger partial charge in [0.05, 0.1) is 27.5 Å². The molecule has 0 atom stereocenters. The lowest BCUT2D eigenvalue weighted by Gasteiger charge is -2.13. The number of carbonyl (C=O) groups is 2. The van der Waals surface area contributed by atoms with E-state index in [0.29, 0.717) is 28.6 Å². The molecule has 0 aromatic heterocycles. The number of hydrazone groups is 1. The molecule has 0 fully saturated rings. The molecule has 3 aromatic rings. The average molecular weight is 460 g/mol. The lowest BCUT2D eigenvalue weighted by atomic mass is 10.1. The van der Waals surface area contributed by atoms with E-state index in [4.69, 9.17) is 18.9 Å². The third kappa shape index (κ3) is 6.46. The minimum Gasteiger partial charge on any atom is -0.493 e. The summed E-state index contributed by atoms with van der Waals surface area (Å²) in [7, 11) is 4.42. The summed E-state index contributed by atoms with van der Waals surface area (Å²) in [6, 6.07) is 19.2. The van der Waals surface area contributed by atoms with Crippen molar-refractivity contribution in [2.45, 2.75) is 0 Å². The second-order valence-electron chi connectivity index (χ2n) is 6.85. The van der Waals surface area contributed by atoms with E-state index in [1.54, 1.807) is 30.3 Å². The molecule has 8 heteroatoms. The first-order valence-electron chi connectivity index (χ1n) is 10.2. The summed E-state index contributed by atoms with van der Waals surface area (Å²) in [6.45, 7) is 0. The zero-order valence-corrected chi connectivity index (χ0v) is 19.0. The highest BCUT2D eigenvalue weighted by Crippen LogP contribution is 2.38. The van der Waals surface area contributed by atoms with Crippen molar-refractivity contribution in [1.29, 1.82) is 0 Å². The smallest absolute Gasteiger partial charge is 0.336 e. The summed E-state index contributed by atoms with van der Waals surface area (Å²) in [5.41, 5.74) is 4.34. The number of carbonyl (C=O) groups excluding carboxylic acids is 2. The average Bonchev–Trinajstić information content (AvgIpc) is 2.88. The second kappa shape index (κ2) is 11.9. The molecule has 3 aromatic carbocycles. The van der Waals surface area contributed by atoms with Gasteiger partial charge in [-0.15, -0.1) is 0 Å². The van der Waals surface area contributed by atoms with Crippen LogP contribution in [0.3, 0.4) is 0 Å². The Balaban J connectivity index is 1.58. The highest BCUT2D eigenvalue weighted by Gasteiger charge is 2.16. The number of amides is 1. The first kappa shape index (κ1) is 24.1. The standard InChI is InChI=1S/C26H24N2O6/c1-31-22-15-20(16-23(32-2)25(22)33-3)26(30)28-27-17-19-9-12-21(13-10-19)34-24(29)14-11-18-7-5-4-6-8-18/h4-17H,1-3H3,(H,28,30)/b14-11+,27-17-. The zero-order valence-electron chi connectivity index (χ0n) is 19.0. The number of rotatable bonds is 9. The van der Waals surface area contributed by atoms with Gasteiger partial charge < -0.3 is 18.9 Å². The molecule has 0 saturated carbocycles. The van der Waals surface area contributed by atoms with Gasteiger partial charge >= 0.3 is 5.97 Å². The fourth-order valence-electron chi connectivity index (χ4n) is 2.94. The number of hydrogen-bond acceptors (Lipinski definition) is 7. The predicted octanol–water partition coefficient (Wildman–Crippen LogP) is 4.10. The van der Waals surface area contributed by atoms with Gasteiger partial charge in [-0.3, -0.25) is 4.79 Å². The van der Waals surface area contributed by atoms with Gasteiger partial charge in [-0.05, 0) is 53.6 Å². The van der Waals surface area contributed by atoms with Crippen LogP contribution in [0.15, 0.2) is 77.9 Å². The van der Waals surface area contributed by atoms with Crippen LogP contribution in [0.4, 0.5) is 0 Å². The lowest BCUT2D eigenvalue weighted by molar-refractivity contribution is -0.128. The minimum atomic E-state index is -0.483. The molecule has 1 N–H and O–H groups in total. The first-order chi connectivity index (χ1) is 16.5. The Labute approximate surface area is 197 Å². The summed E-state index contributed by atoms with van der Waals surface area (Å²) < 4.78 is 21.0. The molecule has 0 aliphatic rings. The van der Waals surface area contributed by atoms with E-state index in [9.17, 15) is 9.59 Å². The molecule has 0 aliphatic heterocycles. The van der Waals surface area contributed by atoms with Gasteiger partial charge in [0.2, 0.25) is 5.75 Å². The third-order valence-electron chi connectivity index (χ3n) is 4.62. The molecule has 8 nitrogen and oxygen atoms in total. The van der Waals surface area contributed by atoms with Crippen molar-refractivity contribution in [1.82, 2.24) is 5.43 Å². The third-order valence-corrected chi connectivity index (χ3v) is 4.62. The van der Waals surface area contributed by atoms with E-state index in [1.807, 2.05) is 30.3 Å². The number of nitrogens with zero attached hydrogens (tertiary/aromatic N) is 1. The molecule has 0 heterocycles. The molecule has 174 valence electrons. The van der Waals surface area contributed by atoms with E-state index in [-0.39, 0.29) is 5.56 Å². The maximum Gasteiger partial charge on any atom is 0.336 e. The SMILES string of the molecule is COc1cc(C(=O)N/N=C\c2ccc(OC(=O)/C=C/c3ccccc3)cc2)cc(OC)c1OC. The zero-order chi connectivity index (χ0) is 24.3. The number of hydrogen-bond donors (Lipinski definition) is 1. The van der Waals surface area contributed by atoms with Crippen LogP contribution in [0.2, 0.25) is 0 Å². The van der Waals surface area contributed by atoms with Crippen LogP contribution >= 0.6 is 0 Å². The Kier molecular flexibility index (Phi) is 8.40. The lowest BCUT2D eigenvalue weighted by Crippen LogP contribution is -2.18. The van der Waals surface area contributed by atoms with E-state index < -0.39 is 11.9 Å². The molecule has 34 heavy (non-hydrogen) atoms. The summed E-state index contributed by atoms with van der Waals surface area (Å²) >= 11 is 0. The van der Waals surface area contributed by atoms with E-state index >= 15 is 0 Å². The summed E-state index contributed by atoms with van der Waals surface area (Å²) in [5, 5.41) is 3.97. The number of esters is 1. The predicted molar refractivity (Wildman–Crippen MR) is 129 cm³/mol. The van der Waals surface area contributed by atoms with Crippen LogP contribution in [-0.2, 0) is 4.79 Å². The Morgan fingerprint density at radius 1 is 0.824 bits per heavy atom. The Morgan fingerprint density at radius 3 is 2.06 bits per heavy atom. The van der Waals surface area contributed by atoms with Crippen molar-refractivity contribution >= 4 is 24.2 Å². The molecule has 0 radical (unpaired) electrons. The normalized spacial score (nSPS) is 10.8. The van der Waals surface area contributed by atoms with Gasteiger partial charge in [-0.2, -0.15) is 5.10 Å². The van der Waals surface area contributed by atoms with Gasteiger partial charge in [0, 0.05) is 11.6 Å². The highest BCUT2D eigenvalue weighted by atomic mass is 16.5. The molecular formula is C26H24N2O6. The molecule has 3 rings (SSSR count).